The van der Waals surface area contributed by atoms with Crippen LogP contribution in [-0.2, 0) is 14.9 Å². The predicted octanol–water partition coefficient (Wildman–Crippen LogP) is 6.19. The maximum absolute atomic E-state index is 13.3. The number of hydrogen-bond acceptors (Lipinski definition) is 5. The van der Waals surface area contributed by atoms with E-state index in [1.165, 1.54) is 0 Å². The maximum atomic E-state index is 13.3. The second-order valence-corrected chi connectivity index (χ2v) is 11.1. The van der Waals surface area contributed by atoms with Gasteiger partial charge >= 0.3 is 13.8 Å². The molecule has 1 atom stereocenters. The molecule has 36 heavy (non-hydrogen) atoms. The molecule has 0 saturated carbocycles. The second-order valence-electron chi connectivity index (χ2n) is 9.94. The smallest absolute Gasteiger partial charge is 0.508 e. The molecular formula is C28H31O7P. The van der Waals surface area contributed by atoms with Crippen molar-refractivity contribution in [2.45, 2.75) is 59.0 Å². The summed E-state index contributed by atoms with van der Waals surface area (Å²) in [5, 5.41) is 10.6. The summed E-state index contributed by atoms with van der Waals surface area (Å²) in [6, 6.07) is 14.2. The van der Waals surface area contributed by atoms with Gasteiger partial charge in [0.05, 0.1) is 5.56 Å². The van der Waals surface area contributed by atoms with Crippen LogP contribution in [0.2, 0.25) is 0 Å². The van der Waals surface area contributed by atoms with Gasteiger partial charge < -0.3 is 14.4 Å². The van der Waals surface area contributed by atoms with Crippen LogP contribution >= 0.6 is 7.82 Å². The zero-order valence-corrected chi connectivity index (χ0v) is 22.1. The lowest BCUT2D eigenvalue weighted by atomic mass is 9.72. The summed E-state index contributed by atoms with van der Waals surface area (Å²) in [5.74, 6) is -0.358. The molecule has 0 bridgehead atoms. The molecular weight excluding hydrogens is 479 g/mol. The van der Waals surface area contributed by atoms with E-state index < -0.39 is 19.4 Å². The van der Waals surface area contributed by atoms with Crippen molar-refractivity contribution < 1.29 is 33.5 Å². The molecule has 3 aromatic carbocycles. The fourth-order valence-electron chi connectivity index (χ4n) is 4.97. The lowest BCUT2D eigenvalue weighted by Crippen LogP contribution is -2.33. The lowest BCUT2D eigenvalue weighted by Gasteiger charge is -2.36. The van der Waals surface area contributed by atoms with E-state index >= 15 is 0 Å². The van der Waals surface area contributed by atoms with Gasteiger partial charge in [-0.1, -0.05) is 45.9 Å². The molecule has 1 heterocycles. The number of carbonyl (C=O) groups is 1. The van der Waals surface area contributed by atoms with Crippen molar-refractivity contribution in [2.75, 3.05) is 0 Å². The third-order valence-corrected chi connectivity index (χ3v) is 7.14. The van der Waals surface area contributed by atoms with Gasteiger partial charge in [-0.2, -0.15) is 0 Å². The van der Waals surface area contributed by atoms with E-state index in [4.69, 9.17) is 9.26 Å². The molecule has 1 aliphatic rings. The summed E-state index contributed by atoms with van der Waals surface area (Å²) < 4.78 is 23.0. The number of phenolic OH excluding ortho intramolecular Hbond substituents is 1. The van der Waals surface area contributed by atoms with Crippen LogP contribution in [0.3, 0.4) is 0 Å². The van der Waals surface area contributed by atoms with Crippen LogP contribution in [0, 0.1) is 13.8 Å². The quantitative estimate of drug-likeness (QED) is 0.268. The van der Waals surface area contributed by atoms with E-state index in [9.17, 15) is 24.3 Å². The van der Waals surface area contributed by atoms with Crippen molar-refractivity contribution in [1.82, 2.24) is 0 Å². The van der Waals surface area contributed by atoms with Crippen LogP contribution in [0.5, 0.6) is 11.5 Å². The van der Waals surface area contributed by atoms with E-state index in [0.29, 0.717) is 33.4 Å². The fourth-order valence-corrected chi connectivity index (χ4v) is 5.42. The lowest BCUT2D eigenvalue weighted by molar-refractivity contribution is 0.0245. The SMILES string of the molecule is Cc1cc([C@]2(c3cc(C)c(OP(=O)(O)O)cc3C(C)C)OC(=O)c3ccccc32)c(C(C)C)cc1O. The number of aromatic hydroxyl groups is 1. The van der Waals surface area contributed by atoms with Crippen LogP contribution in [0.1, 0.15) is 88.8 Å². The Hall–Kier alpha value is -3.12. The zero-order chi connectivity index (χ0) is 26.6. The molecule has 0 fully saturated rings. The minimum absolute atomic E-state index is 0.00398. The fraction of sp³-hybridized carbons (Fsp3) is 0.321. The molecule has 0 aromatic heterocycles. The first-order chi connectivity index (χ1) is 16.8. The predicted molar refractivity (Wildman–Crippen MR) is 137 cm³/mol. The monoisotopic (exact) mass is 510 g/mol. The summed E-state index contributed by atoms with van der Waals surface area (Å²) in [6.07, 6.45) is 0. The van der Waals surface area contributed by atoms with Gasteiger partial charge in [0.1, 0.15) is 11.5 Å². The Morgan fingerprint density at radius 1 is 0.861 bits per heavy atom. The topological polar surface area (TPSA) is 113 Å². The zero-order valence-electron chi connectivity index (χ0n) is 21.2. The van der Waals surface area contributed by atoms with Crippen molar-refractivity contribution >= 4 is 13.8 Å². The van der Waals surface area contributed by atoms with Gasteiger partial charge in [-0.3, -0.25) is 9.79 Å². The molecule has 1 aliphatic heterocycles. The highest BCUT2D eigenvalue weighted by molar-refractivity contribution is 7.46. The number of ether oxygens (including phenoxy) is 1. The summed E-state index contributed by atoms with van der Waals surface area (Å²) in [7, 11) is -4.79. The van der Waals surface area contributed by atoms with E-state index in [1.807, 2.05) is 45.9 Å². The third kappa shape index (κ3) is 4.32. The molecule has 0 aliphatic carbocycles. The minimum Gasteiger partial charge on any atom is -0.508 e. The number of phenols is 1. The van der Waals surface area contributed by atoms with Crippen molar-refractivity contribution in [1.29, 1.82) is 0 Å². The standard InChI is InChI=1S/C28H31O7P/c1-15(2)20-13-25(29)17(5)11-23(20)28(22-10-8-7-9-19(22)27(30)34-28)24-12-18(6)26(35-36(31,32)33)14-21(24)16(3)4/h7-16,29H,1-6H3,(H2,31,32,33)/t28-/m1/s1. The number of phosphoric ester groups is 1. The normalized spacial score (nSPS) is 17.4. The second kappa shape index (κ2) is 9.07. The first kappa shape index (κ1) is 26.0. The molecule has 3 N–H and O–H groups in total. The molecule has 0 radical (unpaired) electrons. The molecule has 8 heteroatoms. The Morgan fingerprint density at radius 2 is 1.42 bits per heavy atom. The Balaban J connectivity index is 2.16. The highest BCUT2D eigenvalue weighted by Crippen LogP contribution is 2.53. The minimum atomic E-state index is -4.79. The van der Waals surface area contributed by atoms with E-state index in [2.05, 4.69) is 0 Å². The summed E-state index contributed by atoms with van der Waals surface area (Å²) in [4.78, 5) is 32.2. The van der Waals surface area contributed by atoms with E-state index in [0.717, 1.165) is 11.1 Å². The number of carbonyl (C=O) groups excluding carboxylic acids is 1. The molecule has 0 saturated heterocycles. The molecule has 190 valence electrons. The van der Waals surface area contributed by atoms with Gasteiger partial charge in [0, 0.05) is 16.7 Å². The van der Waals surface area contributed by atoms with Crippen molar-refractivity contribution in [3.05, 3.63) is 93.0 Å². The summed E-state index contributed by atoms with van der Waals surface area (Å²) >= 11 is 0. The first-order valence-corrected chi connectivity index (χ1v) is 13.4. The highest BCUT2D eigenvalue weighted by atomic mass is 31.2. The number of phosphoric acid groups is 1. The Kier molecular flexibility index (Phi) is 6.54. The van der Waals surface area contributed by atoms with Gasteiger partial charge in [-0.15, -0.1) is 0 Å². The molecule has 3 aromatic rings. The highest BCUT2D eigenvalue weighted by Gasteiger charge is 2.51. The van der Waals surface area contributed by atoms with Crippen LogP contribution < -0.4 is 4.52 Å². The number of cyclic esters (lactones) is 1. The number of hydrogen-bond donors (Lipinski definition) is 3. The first-order valence-electron chi connectivity index (χ1n) is 11.8. The van der Waals surface area contributed by atoms with Gasteiger partial charge in [0.2, 0.25) is 0 Å². The Bertz CT molecular complexity index is 1400. The van der Waals surface area contributed by atoms with Crippen LogP contribution in [0.15, 0.2) is 48.5 Å². The van der Waals surface area contributed by atoms with Crippen LogP contribution in [0.25, 0.3) is 0 Å². The van der Waals surface area contributed by atoms with Gasteiger partial charge in [-0.25, -0.2) is 9.36 Å². The largest absolute Gasteiger partial charge is 0.524 e. The maximum Gasteiger partial charge on any atom is 0.524 e. The molecule has 0 spiro atoms. The van der Waals surface area contributed by atoms with Gasteiger partial charge in [0.25, 0.3) is 0 Å². The molecule has 0 unspecified atom stereocenters. The summed E-state index contributed by atoms with van der Waals surface area (Å²) in [5.41, 5.74) is 3.86. The van der Waals surface area contributed by atoms with Gasteiger partial charge in [0.15, 0.2) is 5.60 Å². The van der Waals surface area contributed by atoms with E-state index in [1.54, 1.807) is 44.2 Å². The van der Waals surface area contributed by atoms with Crippen LogP contribution in [-0.4, -0.2) is 20.9 Å². The number of fused-ring (bicyclic) bond motifs is 1. The number of benzene rings is 3. The Morgan fingerprint density at radius 3 is 2.00 bits per heavy atom. The average Bonchev–Trinajstić information content (AvgIpc) is 3.08. The number of aryl methyl sites for hydroxylation is 2. The summed E-state index contributed by atoms with van der Waals surface area (Å²) in [6.45, 7) is 11.4. The average molecular weight is 511 g/mol. The third-order valence-electron chi connectivity index (χ3n) is 6.71. The molecule has 4 rings (SSSR count). The van der Waals surface area contributed by atoms with Crippen molar-refractivity contribution in [3.63, 3.8) is 0 Å². The van der Waals surface area contributed by atoms with Gasteiger partial charge in [-0.05, 0) is 78.3 Å². The molecule has 0 amide bonds. The Labute approximate surface area is 211 Å². The van der Waals surface area contributed by atoms with Crippen molar-refractivity contribution in [3.8, 4) is 11.5 Å². The van der Waals surface area contributed by atoms with E-state index in [-0.39, 0.29) is 23.3 Å². The molecule has 7 nitrogen and oxygen atoms in total. The number of esters is 1. The van der Waals surface area contributed by atoms with Crippen LogP contribution in [0.4, 0.5) is 0 Å². The van der Waals surface area contributed by atoms with Crippen molar-refractivity contribution in [2.24, 2.45) is 0 Å². The number of rotatable bonds is 6.